The maximum Gasteiger partial charge on any atom is 0.321 e. The number of allylic oxidation sites excluding steroid dienone is 1. The molecule has 6 nitrogen and oxygen atoms in total. The van der Waals surface area contributed by atoms with Gasteiger partial charge < -0.3 is 9.47 Å². The lowest BCUT2D eigenvalue weighted by Gasteiger charge is -2.45. The van der Waals surface area contributed by atoms with Gasteiger partial charge in [0.2, 0.25) is 0 Å². The zero-order valence-corrected chi connectivity index (χ0v) is 15.9. The number of ether oxygens (including phenoxy) is 2. The third-order valence-electron chi connectivity index (χ3n) is 8.79. The van der Waals surface area contributed by atoms with E-state index >= 15 is 0 Å². The van der Waals surface area contributed by atoms with E-state index in [4.69, 9.17) is 9.47 Å². The lowest BCUT2D eigenvalue weighted by atomic mass is 9.59. The van der Waals surface area contributed by atoms with Gasteiger partial charge in [-0.3, -0.25) is 19.2 Å². The van der Waals surface area contributed by atoms with E-state index in [1.165, 1.54) is 13.2 Å². The van der Waals surface area contributed by atoms with Crippen LogP contribution in [0.1, 0.15) is 46.0 Å². The predicted molar refractivity (Wildman–Crippen MR) is 92.2 cm³/mol. The smallest absolute Gasteiger partial charge is 0.321 e. The van der Waals surface area contributed by atoms with Crippen LogP contribution in [0.4, 0.5) is 0 Å². The monoisotopic (exact) mass is 372 g/mol. The molecule has 0 aromatic carbocycles. The van der Waals surface area contributed by atoms with Crippen LogP contribution in [0.15, 0.2) is 12.2 Å². The van der Waals surface area contributed by atoms with Crippen molar-refractivity contribution < 1.29 is 28.7 Å². The summed E-state index contributed by atoms with van der Waals surface area (Å²) >= 11 is 0. The minimum absolute atomic E-state index is 0.139. The molecule has 1 saturated heterocycles. The van der Waals surface area contributed by atoms with Gasteiger partial charge >= 0.3 is 11.9 Å². The van der Waals surface area contributed by atoms with E-state index in [0.717, 1.165) is 12.8 Å². The van der Waals surface area contributed by atoms with Crippen molar-refractivity contribution in [2.75, 3.05) is 7.11 Å². The number of ketones is 2. The molecule has 1 spiro atoms. The van der Waals surface area contributed by atoms with Gasteiger partial charge in [-0.25, -0.2) is 0 Å². The summed E-state index contributed by atoms with van der Waals surface area (Å²) in [4.78, 5) is 51.7. The van der Waals surface area contributed by atoms with Gasteiger partial charge in [0.25, 0.3) is 0 Å². The van der Waals surface area contributed by atoms with Crippen LogP contribution in [0.25, 0.3) is 0 Å². The number of esters is 2. The van der Waals surface area contributed by atoms with Crippen molar-refractivity contribution in [3.8, 4) is 0 Å². The van der Waals surface area contributed by atoms with Crippen LogP contribution >= 0.6 is 0 Å². The van der Waals surface area contributed by atoms with Crippen molar-refractivity contribution >= 4 is 23.5 Å². The second-order valence-corrected chi connectivity index (χ2v) is 9.36. The molecular weight excluding hydrogens is 348 g/mol. The lowest BCUT2D eigenvalue weighted by Crippen LogP contribution is -2.49. The highest BCUT2D eigenvalue weighted by Crippen LogP contribution is 2.77. The van der Waals surface area contributed by atoms with E-state index < -0.39 is 45.6 Å². The minimum atomic E-state index is -1.39. The number of hydrogen-bond donors (Lipinski definition) is 0. The number of methoxy groups -OCH3 is 1. The Balaban J connectivity index is 1.77. The molecule has 144 valence electrons. The van der Waals surface area contributed by atoms with Crippen molar-refractivity contribution in [3.63, 3.8) is 0 Å². The second-order valence-electron chi connectivity index (χ2n) is 9.36. The van der Waals surface area contributed by atoms with E-state index in [9.17, 15) is 19.2 Å². The van der Waals surface area contributed by atoms with E-state index in [0.29, 0.717) is 19.3 Å². The molecule has 4 fully saturated rings. The molecular formula is C21H24O6. The fourth-order valence-electron chi connectivity index (χ4n) is 7.58. The first-order valence-electron chi connectivity index (χ1n) is 9.80. The lowest BCUT2D eigenvalue weighted by molar-refractivity contribution is -0.161. The maximum absolute atomic E-state index is 13.1. The minimum Gasteiger partial charge on any atom is -0.469 e. The molecule has 4 aliphatic carbocycles. The molecule has 4 bridgehead atoms. The highest BCUT2D eigenvalue weighted by Gasteiger charge is 2.84. The first-order valence-corrected chi connectivity index (χ1v) is 9.80. The predicted octanol–water partition coefficient (Wildman–Crippen LogP) is 2.00. The molecule has 5 rings (SSSR count). The molecule has 27 heavy (non-hydrogen) atoms. The van der Waals surface area contributed by atoms with E-state index in [2.05, 4.69) is 0 Å². The first kappa shape index (κ1) is 17.1. The molecule has 1 aliphatic heterocycles. The largest absolute Gasteiger partial charge is 0.469 e. The van der Waals surface area contributed by atoms with Crippen LogP contribution in [-0.4, -0.2) is 36.2 Å². The summed E-state index contributed by atoms with van der Waals surface area (Å²) in [6, 6.07) is 0. The van der Waals surface area contributed by atoms with E-state index in [1.807, 2.05) is 6.92 Å². The van der Waals surface area contributed by atoms with Crippen molar-refractivity contribution in [1.82, 2.24) is 0 Å². The summed E-state index contributed by atoms with van der Waals surface area (Å²) in [6.07, 6.45) is 6.29. The van der Waals surface area contributed by atoms with Gasteiger partial charge in [-0.2, -0.15) is 0 Å². The molecule has 6 heteroatoms. The average molecular weight is 372 g/mol. The molecule has 1 heterocycles. The van der Waals surface area contributed by atoms with Crippen molar-refractivity contribution in [2.24, 2.45) is 34.0 Å². The Hall–Kier alpha value is -1.98. The highest BCUT2D eigenvalue weighted by atomic mass is 16.6. The Morgan fingerprint density at radius 2 is 2.07 bits per heavy atom. The Morgan fingerprint density at radius 1 is 1.33 bits per heavy atom. The van der Waals surface area contributed by atoms with Crippen LogP contribution < -0.4 is 0 Å². The number of hydrogen-bond acceptors (Lipinski definition) is 6. The molecule has 0 amide bonds. The fourth-order valence-corrected chi connectivity index (χ4v) is 7.58. The normalized spacial score (nSPS) is 51.8. The first-order chi connectivity index (χ1) is 12.7. The highest BCUT2D eigenvalue weighted by molar-refractivity contribution is 6.13. The Labute approximate surface area is 157 Å². The van der Waals surface area contributed by atoms with Gasteiger partial charge in [-0.05, 0) is 50.2 Å². The van der Waals surface area contributed by atoms with Gasteiger partial charge in [0.05, 0.1) is 13.0 Å². The quantitative estimate of drug-likeness (QED) is 0.544. The average Bonchev–Trinajstić information content (AvgIpc) is 3.09. The van der Waals surface area contributed by atoms with Gasteiger partial charge in [0.1, 0.15) is 16.8 Å². The van der Waals surface area contributed by atoms with Crippen LogP contribution in [-0.2, 0) is 28.7 Å². The van der Waals surface area contributed by atoms with Gasteiger partial charge in [0, 0.05) is 23.7 Å². The molecule has 0 radical (unpaired) electrons. The fraction of sp³-hybridized carbons (Fsp3) is 0.714. The second kappa shape index (κ2) is 4.70. The van der Waals surface area contributed by atoms with Gasteiger partial charge in [-0.15, -0.1) is 0 Å². The summed E-state index contributed by atoms with van der Waals surface area (Å²) in [5, 5.41) is 0. The molecule has 0 aromatic heterocycles. The van der Waals surface area contributed by atoms with Crippen LogP contribution in [0.5, 0.6) is 0 Å². The van der Waals surface area contributed by atoms with Crippen LogP contribution in [0.3, 0.4) is 0 Å². The standard InChI is InChI=1S/C21H24O6/c1-4-19-7-5-11-20(10-19,9-13(19)23)14(16(24)26-3)15-18(2)12(22)6-8-21(11,15)27-17(18)25/h6,8,11,14-15H,4-5,7,9-10H2,1-3H3/t11-,14-,15-,18+,19+,20-,21-/m1/s1. The maximum atomic E-state index is 13.1. The third kappa shape index (κ3) is 1.54. The molecule has 7 atom stereocenters. The van der Waals surface area contributed by atoms with Crippen molar-refractivity contribution in [2.45, 2.75) is 51.6 Å². The molecule has 0 aromatic rings. The number of carbonyl (C=O) groups excluding carboxylic acids is 4. The van der Waals surface area contributed by atoms with Crippen LogP contribution in [0, 0.1) is 34.0 Å². The SMILES string of the molecule is CC[C@@]12CC[C@@H]3[C@@](CC1=O)(C2)[C@@H](C(=O)OC)[C@@H]1[C@]2(C)C(=O)C=C[C@]13OC2=O. The Bertz CT molecular complexity index is 844. The van der Waals surface area contributed by atoms with Gasteiger partial charge in [0.15, 0.2) is 5.78 Å². The van der Waals surface area contributed by atoms with Crippen molar-refractivity contribution in [3.05, 3.63) is 12.2 Å². The summed E-state index contributed by atoms with van der Waals surface area (Å²) < 4.78 is 11.1. The number of fused-ring (bicyclic) bond motifs is 1. The van der Waals surface area contributed by atoms with Crippen molar-refractivity contribution in [1.29, 1.82) is 0 Å². The molecule has 3 saturated carbocycles. The third-order valence-corrected chi connectivity index (χ3v) is 8.79. The summed E-state index contributed by atoms with van der Waals surface area (Å²) in [7, 11) is 1.33. The zero-order chi connectivity index (χ0) is 19.4. The van der Waals surface area contributed by atoms with E-state index in [1.54, 1.807) is 13.0 Å². The summed E-state index contributed by atoms with van der Waals surface area (Å²) in [5.74, 6) is -2.52. The summed E-state index contributed by atoms with van der Waals surface area (Å²) in [5.41, 5.74) is -3.37. The number of carbonyl (C=O) groups is 4. The summed E-state index contributed by atoms with van der Waals surface area (Å²) in [6.45, 7) is 3.63. The molecule has 0 unspecified atom stereocenters. The number of Topliss-reactive ketones (excluding diaryl/α,β-unsaturated/α-hetero) is 1. The number of rotatable bonds is 2. The Morgan fingerprint density at radius 3 is 2.74 bits per heavy atom. The van der Waals surface area contributed by atoms with E-state index in [-0.39, 0.29) is 17.5 Å². The molecule has 0 N–H and O–H groups in total. The molecule has 5 aliphatic rings. The topological polar surface area (TPSA) is 86.7 Å². The van der Waals surface area contributed by atoms with Crippen LogP contribution in [0.2, 0.25) is 0 Å². The van der Waals surface area contributed by atoms with Gasteiger partial charge in [-0.1, -0.05) is 6.92 Å². The Kier molecular flexibility index (Phi) is 2.99. The zero-order valence-electron chi connectivity index (χ0n) is 15.9.